The van der Waals surface area contributed by atoms with Crippen molar-refractivity contribution < 1.29 is 4.79 Å². The summed E-state index contributed by atoms with van der Waals surface area (Å²) in [6, 6.07) is 0. The molecular formula is C13H19NO. The van der Waals surface area contributed by atoms with Crippen LogP contribution in [0, 0.1) is 5.41 Å². The normalized spacial score (nSPS) is 20.1. The summed E-state index contributed by atoms with van der Waals surface area (Å²) < 4.78 is 0. The molecule has 2 nitrogen and oxygen atoms in total. The first-order chi connectivity index (χ1) is 6.92. The molecule has 15 heavy (non-hydrogen) atoms. The van der Waals surface area contributed by atoms with Gasteiger partial charge in [0.2, 0.25) is 5.91 Å². The molecule has 0 bridgehead atoms. The van der Waals surface area contributed by atoms with E-state index in [9.17, 15) is 4.79 Å². The zero-order chi connectivity index (χ0) is 11.6. The van der Waals surface area contributed by atoms with Gasteiger partial charge in [-0.15, -0.1) is 0 Å². The van der Waals surface area contributed by atoms with Gasteiger partial charge in [-0.3, -0.25) is 4.79 Å². The van der Waals surface area contributed by atoms with Gasteiger partial charge in [0.05, 0.1) is 0 Å². The van der Waals surface area contributed by atoms with Crippen molar-refractivity contribution in [2.75, 3.05) is 13.1 Å². The quantitative estimate of drug-likeness (QED) is 0.678. The second-order valence-electron chi connectivity index (χ2n) is 4.61. The third-order valence-electron chi connectivity index (χ3n) is 2.92. The molecule has 0 unspecified atom stereocenters. The van der Waals surface area contributed by atoms with Crippen molar-refractivity contribution in [3.05, 3.63) is 36.5 Å². The monoisotopic (exact) mass is 205 g/mol. The fraction of sp³-hybridized carbons (Fsp3) is 0.462. The predicted molar refractivity (Wildman–Crippen MR) is 63.5 cm³/mol. The van der Waals surface area contributed by atoms with Gasteiger partial charge in [-0.05, 0) is 11.1 Å². The predicted octanol–water partition coefficient (Wildman–Crippen LogP) is 2.54. The van der Waals surface area contributed by atoms with Crippen molar-refractivity contribution in [1.29, 1.82) is 0 Å². The van der Waals surface area contributed by atoms with Crippen molar-refractivity contribution in [3.8, 4) is 0 Å². The zero-order valence-corrected chi connectivity index (χ0v) is 9.84. The molecule has 0 atom stereocenters. The van der Waals surface area contributed by atoms with Crippen LogP contribution in [0.1, 0.15) is 20.8 Å². The molecule has 1 amide bonds. The van der Waals surface area contributed by atoms with Crippen molar-refractivity contribution >= 4 is 5.91 Å². The van der Waals surface area contributed by atoms with Crippen LogP contribution in [0.4, 0.5) is 0 Å². The molecule has 0 aromatic rings. The molecule has 0 N–H and O–H groups in total. The first-order valence-corrected chi connectivity index (χ1v) is 5.16. The summed E-state index contributed by atoms with van der Waals surface area (Å²) >= 11 is 0. The summed E-state index contributed by atoms with van der Waals surface area (Å²) in [6.07, 6.45) is 3.71. The Morgan fingerprint density at radius 3 is 2.40 bits per heavy atom. The molecule has 1 heterocycles. The fourth-order valence-corrected chi connectivity index (χ4v) is 2.15. The van der Waals surface area contributed by atoms with Crippen molar-refractivity contribution in [2.24, 2.45) is 5.41 Å². The molecule has 0 aliphatic carbocycles. The third-order valence-corrected chi connectivity index (χ3v) is 2.92. The number of hydrogen-bond donors (Lipinski definition) is 0. The number of carbonyl (C=O) groups is 1. The number of hydrogen-bond acceptors (Lipinski definition) is 1. The summed E-state index contributed by atoms with van der Waals surface area (Å²) in [5.41, 5.74) is 2.28. The second-order valence-corrected chi connectivity index (χ2v) is 4.61. The van der Waals surface area contributed by atoms with E-state index in [1.54, 1.807) is 6.92 Å². The van der Waals surface area contributed by atoms with Gasteiger partial charge < -0.3 is 4.90 Å². The Bertz CT molecular complexity index is 336. The molecular weight excluding hydrogens is 186 g/mol. The molecule has 0 radical (unpaired) electrons. The Hall–Kier alpha value is -1.31. The Labute approximate surface area is 92.0 Å². The zero-order valence-electron chi connectivity index (χ0n) is 9.84. The lowest BCUT2D eigenvalue weighted by Crippen LogP contribution is -2.43. The van der Waals surface area contributed by atoms with E-state index in [1.165, 1.54) is 5.57 Å². The van der Waals surface area contributed by atoms with Gasteiger partial charge in [-0.2, -0.15) is 0 Å². The van der Waals surface area contributed by atoms with Crippen LogP contribution in [0.15, 0.2) is 36.5 Å². The van der Waals surface area contributed by atoms with E-state index < -0.39 is 0 Å². The number of nitrogens with zero attached hydrogens (tertiary/aromatic N) is 1. The maximum absolute atomic E-state index is 11.4. The van der Waals surface area contributed by atoms with Gasteiger partial charge in [-0.25, -0.2) is 0 Å². The Balaban J connectivity index is 3.16. The van der Waals surface area contributed by atoms with Crippen LogP contribution in [0.5, 0.6) is 0 Å². The van der Waals surface area contributed by atoms with E-state index in [-0.39, 0.29) is 11.3 Å². The minimum absolute atomic E-state index is 0.0325. The fourth-order valence-electron chi connectivity index (χ4n) is 2.15. The summed E-state index contributed by atoms with van der Waals surface area (Å²) in [6.45, 7) is 14.9. The lowest BCUT2D eigenvalue weighted by atomic mass is 9.78. The van der Waals surface area contributed by atoms with E-state index in [2.05, 4.69) is 27.0 Å². The smallest absolute Gasteiger partial charge is 0.219 e. The van der Waals surface area contributed by atoms with E-state index in [1.807, 2.05) is 17.1 Å². The van der Waals surface area contributed by atoms with E-state index in [0.29, 0.717) is 6.54 Å². The van der Waals surface area contributed by atoms with Crippen LogP contribution in [0.2, 0.25) is 0 Å². The Morgan fingerprint density at radius 1 is 1.40 bits per heavy atom. The first kappa shape index (κ1) is 11.8. The Kier molecular flexibility index (Phi) is 3.18. The SMILES string of the molecule is C=CC1=C(C=C)C(C)(C)CN(C(C)=O)C1. The van der Waals surface area contributed by atoms with Crippen molar-refractivity contribution in [3.63, 3.8) is 0 Å². The highest BCUT2D eigenvalue weighted by atomic mass is 16.2. The van der Waals surface area contributed by atoms with E-state index >= 15 is 0 Å². The minimum Gasteiger partial charge on any atom is -0.338 e. The average Bonchev–Trinajstić information content (AvgIpc) is 2.14. The summed E-state index contributed by atoms with van der Waals surface area (Å²) in [4.78, 5) is 13.2. The van der Waals surface area contributed by atoms with Gasteiger partial charge in [0, 0.05) is 25.4 Å². The number of amides is 1. The van der Waals surface area contributed by atoms with Crippen LogP contribution in [-0.4, -0.2) is 23.9 Å². The van der Waals surface area contributed by atoms with Crippen LogP contribution >= 0.6 is 0 Å². The summed E-state index contributed by atoms with van der Waals surface area (Å²) in [5, 5.41) is 0. The van der Waals surface area contributed by atoms with Gasteiger partial charge in [0.25, 0.3) is 0 Å². The number of carbonyl (C=O) groups excluding carboxylic acids is 1. The highest BCUT2D eigenvalue weighted by Gasteiger charge is 2.32. The molecule has 2 heteroatoms. The van der Waals surface area contributed by atoms with E-state index in [0.717, 1.165) is 12.1 Å². The van der Waals surface area contributed by atoms with Gasteiger partial charge in [-0.1, -0.05) is 39.2 Å². The molecule has 1 aliphatic heterocycles. The topological polar surface area (TPSA) is 20.3 Å². The van der Waals surface area contributed by atoms with Crippen molar-refractivity contribution in [1.82, 2.24) is 4.90 Å². The molecule has 0 fully saturated rings. The number of rotatable bonds is 2. The van der Waals surface area contributed by atoms with Crippen LogP contribution in [0.25, 0.3) is 0 Å². The molecule has 0 saturated carbocycles. The highest BCUT2D eigenvalue weighted by Crippen LogP contribution is 2.35. The standard InChI is InChI=1S/C13H19NO/c1-6-11-8-14(10(3)15)9-13(4,5)12(11)7-2/h6-7H,1-2,8-9H2,3-5H3. The van der Waals surface area contributed by atoms with Gasteiger partial charge in [0.15, 0.2) is 0 Å². The van der Waals surface area contributed by atoms with Crippen LogP contribution < -0.4 is 0 Å². The van der Waals surface area contributed by atoms with Gasteiger partial charge in [0.1, 0.15) is 0 Å². The molecule has 82 valence electrons. The number of allylic oxidation sites excluding steroid dienone is 1. The highest BCUT2D eigenvalue weighted by molar-refractivity contribution is 5.74. The molecule has 0 saturated heterocycles. The lowest BCUT2D eigenvalue weighted by molar-refractivity contribution is -0.129. The molecule has 1 aliphatic rings. The van der Waals surface area contributed by atoms with E-state index in [4.69, 9.17) is 0 Å². The molecule has 0 aromatic carbocycles. The molecule has 1 rings (SSSR count). The average molecular weight is 205 g/mol. The molecule has 0 aromatic heterocycles. The Morgan fingerprint density at radius 2 is 2.00 bits per heavy atom. The van der Waals surface area contributed by atoms with Crippen LogP contribution in [0.3, 0.4) is 0 Å². The summed E-state index contributed by atoms with van der Waals surface area (Å²) in [7, 11) is 0. The minimum atomic E-state index is -0.0325. The third kappa shape index (κ3) is 2.20. The lowest BCUT2D eigenvalue weighted by Gasteiger charge is -2.39. The first-order valence-electron chi connectivity index (χ1n) is 5.16. The largest absolute Gasteiger partial charge is 0.338 e. The van der Waals surface area contributed by atoms with Gasteiger partial charge >= 0.3 is 0 Å². The van der Waals surface area contributed by atoms with Crippen LogP contribution in [-0.2, 0) is 4.79 Å². The maximum Gasteiger partial charge on any atom is 0.219 e. The summed E-state index contributed by atoms with van der Waals surface area (Å²) in [5.74, 6) is 0.116. The molecule has 0 spiro atoms. The maximum atomic E-state index is 11.4. The second kappa shape index (κ2) is 4.05. The van der Waals surface area contributed by atoms with Crippen molar-refractivity contribution in [2.45, 2.75) is 20.8 Å².